The molecule has 2 aromatic rings. The van der Waals surface area contributed by atoms with Crippen LogP contribution in [0.3, 0.4) is 0 Å². The van der Waals surface area contributed by atoms with Crippen molar-refractivity contribution >= 4 is 45.2 Å². The fourth-order valence-corrected chi connectivity index (χ4v) is 3.18. The first-order valence-corrected chi connectivity index (χ1v) is 8.83. The van der Waals surface area contributed by atoms with Gasteiger partial charge in [-0.05, 0) is 30.3 Å². The van der Waals surface area contributed by atoms with Crippen molar-refractivity contribution < 1.29 is 9.53 Å². The third-order valence-corrected chi connectivity index (χ3v) is 4.49. The number of ether oxygens (including phenoxy) is 1. The second-order valence-corrected chi connectivity index (χ2v) is 6.87. The van der Waals surface area contributed by atoms with Crippen LogP contribution in [-0.2, 0) is 4.79 Å². The summed E-state index contributed by atoms with van der Waals surface area (Å²) in [7, 11) is 0. The molecule has 0 fully saturated rings. The largest absolute Gasteiger partial charge is 0.482 e. The molecule has 0 radical (unpaired) electrons. The smallest absolute Gasteiger partial charge is 0.257 e. The van der Waals surface area contributed by atoms with Gasteiger partial charge in [-0.15, -0.1) is 11.8 Å². The molecule has 0 bridgehead atoms. The van der Waals surface area contributed by atoms with Crippen LogP contribution >= 0.6 is 39.3 Å². The number of carbonyl (C=O) groups is 1. The Labute approximate surface area is 147 Å². The molecule has 2 aromatic carbocycles. The van der Waals surface area contributed by atoms with Crippen LogP contribution < -0.4 is 10.1 Å². The third-order valence-electron chi connectivity index (χ3n) is 2.69. The molecule has 0 heterocycles. The normalized spacial score (nSPS) is 10.3. The van der Waals surface area contributed by atoms with Gasteiger partial charge in [-0.25, -0.2) is 0 Å². The average molecular weight is 401 g/mol. The highest BCUT2D eigenvalue weighted by molar-refractivity contribution is 9.10. The minimum absolute atomic E-state index is 0.0443. The summed E-state index contributed by atoms with van der Waals surface area (Å²) in [5.74, 6) is 1.15. The fourth-order valence-electron chi connectivity index (χ4n) is 1.66. The molecule has 0 atom stereocenters. The van der Waals surface area contributed by atoms with Gasteiger partial charge in [0.15, 0.2) is 6.61 Å². The first-order valence-electron chi connectivity index (χ1n) is 6.67. The van der Waals surface area contributed by atoms with Crippen LogP contribution in [0.25, 0.3) is 0 Å². The molecule has 0 aliphatic rings. The van der Waals surface area contributed by atoms with E-state index in [2.05, 4.69) is 21.2 Å². The zero-order chi connectivity index (χ0) is 15.8. The Morgan fingerprint density at radius 3 is 2.73 bits per heavy atom. The van der Waals surface area contributed by atoms with Crippen LogP contribution in [0.2, 0.25) is 5.02 Å². The summed E-state index contributed by atoms with van der Waals surface area (Å²) in [4.78, 5) is 12.9. The van der Waals surface area contributed by atoms with Crippen LogP contribution in [0.1, 0.15) is 0 Å². The van der Waals surface area contributed by atoms with E-state index in [0.29, 0.717) is 17.3 Å². The highest BCUT2D eigenvalue weighted by atomic mass is 79.9. The monoisotopic (exact) mass is 399 g/mol. The zero-order valence-electron chi connectivity index (χ0n) is 11.7. The molecule has 116 valence electrons. The summed E-state index contributed by atoms with van der Waals surface area (Å²) in [6.07, 6.45) is 0. The van der Waals surface area contributed by atoms with Crippen molar-refractivity contribution in [3.05, 3.63) is 58.0 Å². The van der Waals surface area contributed by atoms with E-state index in [1.54, 1.807) is 23.9 Å². The van der Waals surface area contributed by atoms with Gasteiger partial charge in [0.25, 0.3) is 5.91 Å². The number of rotatable bonds is 7. The van der Waals surface area contributed by atoms with Crippen molar-refractivity contribution in [2.45, 2.75) is 4.90 Å². The highest BCUT2D eigenvalue weighted by Gasteiger charge is 2.06. The van der Waals surface area contributed by atoms with Gasteiger partial charge in [-0.2, -0.15) is 0 Å². The zero-order valence-corrected chi connectivity index (χ0v) is 14.9. The van der Waals surface area contributed by atoms with E-state index in [1.165, 1.54) is 4.90 Å². The van der Waals surface area contributed by atoms with Gasteiger partial charge in [0.2, 0.25) is 0 Å². The van der Waals surface area contributed by atoms with E-state index in [0.717, 1.165) is 10.2 Å². The van der Waals surface area contributed by atoms with Crippen molar-refractivity contribution in [3.63, 3.8) is 0 Å². The molecule has 22 heavy (non-hydrogen) atoms. The molecule has 3 nitrogen and oxygen atoms in total. The Hall–Kier alpha value is -1.17. The fraction of sp³-hybridized carbons (Fsp3) is 0.188. The van der Waals surface area contributed by atoms with Crippen LogP contribution in [0.15, 0.2) is 57.9 Å². The number of halogens is 2. The lowest BCUT2D eigenvalue weighted by Crippen LogP contribution is -2.30. The molecule has 0 spiro atoms. The predicted octanol–water partition coefficient (Wildman–Crippen LogP) is 4.39. The molecule has 0 aromatic heterocycles. The van der Waals surface area contributed by atoms with E-state index in [9.17, 15) is 4.79 Å². The predicted molar refractivity (Wildman–Crippen MR) is 94.8 cm³/mol. The number of hydrogen-bond donors (Lipinski definition) is 1. The summed E-state index contributed by atoms with van der Waals surface area (Å²) >= 11 is 11.0. The van der Waals surface area contributed by atoms with Gasteiger partial charge in [0, 0.05) is 21.7 Å². The van der Waals surface area contributed by atoms with Crippen molar-refractivity contribution in [1.29, 1.82) is 0 Å². The molecule has 0 saturated heterocycles. The Balaban J connectivity index is 1.65. The summed E-state index contributed by atoms with van der Waals surface area (Å²) in [5.41, 5.74) is 0. The minimum Gasteiger partial charge on any atom is -0.482 e. The topological polar surface area (TPSA) is 38.3 Å². The molecule has 1 N–H and O–H groups in total. The van der Waals surface area contributed by atoms with E-state index in [4.69, 9.17) is 16.3 Å². The molecule has 0 aliphatic heterocycles. The Morgan fingerprint density at radius 1 is 1.23 bits per heavy atom. The van der Waals surface area contributed by atoms with Gasteiger partial charge in [-0.3, -0.25) is 4.79 Å². The van der Waals surface area contributed by atoms with Crippen molar-refractivity contribution in [3.8, 4) is 5.75 Å². The van der Waals surface area contributed by atoms with E-state index in [1.807, 2.05) is 36.4 Å². The molecule has 2 rings (SSSR count). The van der Waals surface area contributed by atoms with Gasteiger partial charge >= 0.3 is 0 Å². The molecule has 0 aliphatic carbocycles. The lowest BCUT2D eigenvalue weighted by Gasteiger charge is -2.09. The number of benzene rings is 2. The van der Waals surface area contributed by atoms with E-state index >= 15 is 0 Å². The SMILES string of the molecule is O=C(COc1ccc(Br)cc1Cl)NCCSc1ccccc1. The molecule has 1 amide bonds. The Morgan fingerprint density at radius 2 is 2.00 bits per heavy atom. The molecular weight excluding hydrogens is 386 g/mol. The van der Waals surface area contributed by atoms with E-state index < -0.39 is 0 Å². The third kappa shape index (κ3) is 5.91. The van der Waals surface area contributed by atoms with Crippen molar-refractivity contribution in [2.75, 3.05) is 18.9 Å². The number of nitrogens with one attached hydrogen (secondary N) is 1. The lowest BCUT2D eigenvalue weighted by molar-refractivity contribution is -0.122. The van der Waals surface area contributed by atoms with Crippen molar-refractivity contribution in [1.82, 2.24) is 5.32 Å². The molecule has 6 heteroatoms. The van der Waals surface area contributed by atoms with Gasteiger partial charge < -0.3 is 10.1 Å². The first kappa shape index (κ1) is 17.2. The Bertz CT molecular complexity index is 625. The number of hydrogen-bond acceptors (Lipinski definition) is 3. The van der Waals surface area contributed by atoms with Gasteiger partial charge in [0.05, 0.1) is 5.02 Å². The van der Waals surface area contributed by atoms with Crippen LogP contribution in [-0.4, -0.2) is 24.8 Å². The van der Waals surface area contributed by atoms with Gasteiger partial charge in [-0.1, -0.05) is 45.7 Å². The number of amides is 1. The number of carbonyl (C=O) groups excluding carboxylic acids is 1. The standard InChI is InChI=1S/C16H15BrClNO2S/c17-12-6-7-15(14(18)10-12)21-11-16(20)19-8-9-22-13-4-2-1-3-5-13/h1-7,10H,8-9,11H2,(H,19,20). The van der Waals surface area contributed by atoms with Crippen LogP contribution in [0.4, 0.5) is 0 Å². The molecule has 0 unspecified atom stereocenters. The number of thioether (sulfide) groups is 1. The van der Waals surface area contributed by atoms with Crippen molar-refractivity contribution in [2.24, 2.45) is 0 Å². The second kappa shape index (κ2) is 9.08. The van der Waals surface area contributed by atoms with E-state index in [-0.39, 0.29) is 12.5 Å². The minimum atomic E-state index is -0.160. The van der Waals surface area contributed by atoms with Gasteiger partial charge in [0.1, 0.15) is 5.75 Å². The quantitative estimate of drug-likeness (QED) is 0.553. The van der Waals surface area contributed by atoms with Crippen LogP contribution in [0.5, 0.6) is 5.75 Å². The van der Waals surface area contributed by atoms with Crippen LogP contribution in [0, 0.1) is 0 Å². The lowest BCUT2D eigenvalue weighted by atomic mass is 10.3. The summed E-state index contributed by atoms with van der Waals surface area (Å²) in [6, 6.07) is 15.3. The Kier molecular flexibility index (Phi) is 7.09. The molecular formula is C16H15BrClNO2S. The summed E-state index contributed by atoms with van der Waals surface area (Å²) in [6.45, 7) is 0.549. The average Bonchev–Trinajstić information content (AvgIpc) is 2.52. The summed E-state index contributed by atoms with van der Waals surface area (Å²) in [5, 5.41) is 3.29. The second-order valence-electron chi connectivity index (χ2n) is 4.37. The molecule has 0 saturated carbocycles. The highest BCUT2D eigenvalue weighted by Crippen LogP contribution is 2.27. The summed E-state index contributed by atoms with van der Waals surface area (Å²) < 4.78 is 6.27. The first-order chi connectivity index (χ1) is 10.6. The maximum atomic E-state index is 11.7. The maximum absolute atomic E-state index is 11.7. The maximum Gasteiger partial charge on any atom is 0.257 e.